The molecular weight excluding hydrogens is 236 g/mol. The Morgan fingerprint density at radius 3 is 2.78 bits per heavy atom. The first kappa shape index (κ1) is 14.2. The van der Waals surface area contributed by atoms with Crippen molar-refractivity contribution in [2.75, 3.05) is 25.6 Å². The molecule has 0 heterocycles. The van der Waals surface area contributed by atoms with Crippen molar-refractivity contribution < 1.29 is 14.4 Å². The summed E-state index contributed by atoms with van der Waals surface area (Å²) < 4.78 is 10.3. The second kappa shape index (κ2) is 6.80. The van der Waals surface area contributed by atoms with Gasteiger partial charge in [0.15, 0.2) is 5.75 Å². The van der Waals surface area contributed by atoms with Crippen LogP contribution in [-0.4, -0.2) is 31.3 Å². The molecule has 0 aliphatic rings. The summed E-state index contributed by atoms with van der Waals surface area (Å²) in [4.78, 5) is 10.4. The van der Waals surface area contributed by atoms with Gasteiger partial charge in [0, 0.05) is 31.0 Å². The first-order valence-corrected chi connectivity index (χ1v) is 5.75. The van der Waals surface area contributed by atoms with E-state index in [1.807, 2.05) is 6.92 Å². The Balaban J connectivity index is 2.88. The molecule has 1 N–H and O–H groups in total. The Labute approximate surface area is 106 Å². The molecule has 0 aromatic heterocycles. The van der Waals surface area contributed by atoms with E-state index in [-0.39, 0.29) is 17.5 Å². The second-order valence-corrected chi connectivity index (χ2v) is 3.87. The first-order chi connectivity index (χ1) is 8.58. The monoisotopic (exact) mass is 254 g/mol. The number of hydrogen-bond acceptors (Lipinski definition) is 5. The number of methoxy groups -OCH3 is 1. The quantitative estimate of drug-likeness (QED) is 0.597. The van der Waals surface area contributed by atoms with Crippen LogP contribution in [0.3, 0.4) is 0 Å². The summed E-state index contributed by atoms with van der Waals surface area (Å²) in [6.07, 6.45) is 0. The topological polar surface area (TPSA) is 73.6 Å². The van der Waals surface area contributed by atoms with Crippen LogP contribution in [0.15, 0.2) is 18.2 Å². The molecule has 0 saturated heterocycles. The molecular formula is C12H18N2O4. The fourth-order valence-corrected chi connectivity index (χ4v) is 1.60. The SMILES string of the molecule is CCOc1cc(NC(C)COC)ccc1[N+](=O)[O-]. The third-order valence-electron chi connectivity index (χ3n) is 2.29. The standard InChI is InChI=1S/C12H18N2O4/c1-4-18-12-7-10(13-9(2)8-17-3)5-6-11(12)14(15)16/h5-7,9,13H,4,8H2,1-3H3. The molecule has 6 heteroatoms. The molecule has 0 aliphatic heterocycles. The fraction of sp³-hybridized carbons (Fsp3) is 0.500. The van der Waals surface area contributed by atoms with Gasteiger partial charge in [0.1, 0.15) is 0 Å². The highest BCUT2D eigenvalue weighted by atomic mass is 16.6. The predicted molar refractivity (Wildman–Crippen MR) is 69.2 cm³/mol. The molecule has 18 heavy (non-hydrogen) atoms. The number of benzene rings is 1. The van der Waals surface area contributed by atoms with Crippen molar-refractivity contribution in [2.45, 2.75) is 19.9 Å². The van der Waals surface area contributed by atoms with Crippen LogP contribution in [0.4, 0.5) is 11.4 Å². The zero-order chi connectivity index (χ0) is 13.5. The minimum atomic E-state index is -0.451. The van der Waals surface area contributed by atoms with Crippen LogP contribution < -0.4 is 10.1 Å². The van der Waals surface area contributed by atoms with Crippen LogP contribution in [0.2, 0.25) is 0 Å². The van der Waals surface area contributed by atoms with Crippen molar-refractivity contribution in [1.29, 1.82) is 0 Å². The van der Waals surface area contributed by atoms with Crippen molar-refractivity contribution in [3.05, 3.63) is 28.3 Å². The molecule has 0 saturated carbocycles. The van der Waals surface area contributed by atoms with Crippen molar-refractivity contribution in [2.24, 2.45) is 0 Å². The zero-order valence-electron chi connectivity index (χ0n) is 10.8. The predicted octanol–water partition coefficient (Wildman–Crippen LogP) is 2.44. The van der Waals surface area contributed by atoms with Crippen LogP contribution in [-0.2, 0) is 4.74 Å². The molecule has 0 amide bonds. The Morgan fingerprint density at radius 1 is 1.50 bits per heavy atom. The summed E-state index contributed by atoms with van der Waals surface area (Å²) in [7, 11) is 1.62. The molecule has 6 nitrogen and oxygen atoms in total. The summed E-state index contributed by atoms with van der Waals surface area (Å²) in [6.45, 7) is 4.70. The van der Waals surface area contributed by atoms with Gasteiger partial charge in [-0.2, -0.15) is 0 Å². The smallest absolute Gasteiger partial charge is 0.311 e. The maximum Gasteiger partial charge on any atom is 0.311 e. The van der Waals surface area contributed by atoms with Gasteiger partial charge in [0.05, 0.1) is 18.1 Å². The third kappa shape index (κ3) is 3.89. The van der Waals surface area contributed by atoms with E-state index in [1.54, 1.807) is 26.2 Å². The molecule has 0 bridgehead atoms. The minimum absolute atomic E-state index is 0.0261. The highest BCUT2D eigenvalue weighted by molar-refractivity contribution is 5.58. The van der Waals surface area contributed by atoms with Crippen molar-refractivity contribution in [3.8, 4) is 5.75 Å². The molecule has 1 aromatic rings. The molecule has 1 unspecified atom stereocenters. The van der Waals surface area contributed by atoms with Gasteiger partial charge in [0.25, 0.3) is 0 Å². The van der Waals surface area contributed by atoms with E-state index in [9.17, 15) is 10.1 Å². The lowest BCUT2D eigenvalue weighted by atomic mass is 10.2. The molecule has 1 rings (SSSR count). The molecule has 0 radical (unpaired) electrons. The number of anilines is 1. The molecule has 1 aromatic carbocycles. The van der Waals surface area contributed by atoms with Gasteiger partial charge in [-0.25, -0.2) is 0 Å². The lowest BCUT2D eigenvalue weighted by molar-refractivity contribution is -0.385. The normalized spacial score (nSPS) is 11.9. The molecule has 100 valence electrons. The molecule has 0 fully saturated rings. The number of rotatable bonds is 7. The first-order valence-electron chi connectivity index (χ1n) is 5.75. The molecule has 0 spiro atoms. The van der Waals surface area contributed by atoms with Gasteiger partial charge >= 0.3 is 5.69 Å². The highest BCUT2D eigenvalue weighted by Gasteiger charge is 2.15. The Hall–Kier alpha value is -1.82. The van der Waals surface area contributed by atoms with Gasteiger partial charge in [-0.05, 0) is 19.9 Å². The minimum Gasteiger partial charge on any atom is -0.487 e. The Morgan fingerprint density at radius 2 is 2.22 bits per heavy atom. The van der Waals surface area contributed by atoms with E-state index in [4.69, 9.17) is 9.47 Å². The van der Waals surface area contributed by atoms with E-state index in [0.29, 0.717) is 13.2 Å². The Bertz CT molecular complexity index is 409. The highest BCUT2D eigenvalue weighted by Crippen LogP contribution is 2.30. The Kier molecular flexibility index (Phi) is 5.38. The van der Waals surface area contributed by atoms with Gasteiger partial charge in [-0.1, -0.05) is 0 Å². The van der Waals surface area contributed by atoms with Crippen LogP contribution in [0, 0.1) is 10.1 Å². The summed E-state index contributed by atoms with van der Waals surface area (Å²) in [5, 5.41) is 14.0. The van der Waals surface area contributed by atoms with Crippen molar-refractivity contribution in [1.82, 2.24) is 0 Å². The van der Waals surface area contributed by atoms with Crippen LogP contribution in [0.25, 0.3) is 0 Å². The van der Waals surface area contributed by atoms with E-state index in [2.05, 4.69) is 5.32 Å². The zero-order valence-corrected chi connectivity index (χ0v) is 10.8. The van der Waals surface area contributed by atoms with Crippen LogP contribution >= 0.6 is 0 Å². The summed E-state index contributed by atoms with van der Waals surface area (Å²) >= 11 is 0. The summed E-state index contributed by atoms with van der Waals surface area (Å²) in [5.74, 6) is 0.275. The van der Waals surface area contributed by atoms with E-state index >= 15 is 0 Å². The van der Waals surface area contributed by atoms with Gasteiger partial charge in [-0.3, -0.25) is 10.1 Å². The van der Waals surface area contributed by atoms with Gasteiger partial charge in [-0.15, -0.1) is 0 Å². The molecule has 0 aliphatic carbocycles. The second-order valence-electron chi connectivity index (χ2n) is 3.87. The third-order valence-corrected chi connectivity index (χ3v) is 2.29. The summed E-state index contributed by atoms with van der Waals surface area (Å²) in [6, 6.07) is 4.85. The number of hydrogen-bond donors (Lipinski definition) is 1. The van der Waals surface area contributed by atoms with E-state index in [0.717, 1.165) is 5.69 Å². The number of nitro benzene ring substituents is 1. The maximum absolute atomic E-state index is 10.8. The van der Waals surface area contributed by atoms with Crippen molar-refractivity contribution >= 4 is 11.4 Å². The largest absolute Gasteiger partial charge is 0.487 e. The fourth-order valence-electron chi connectivity index (χ4n) is 1.60. The average Bonchev–Trinajstić information content (AvgIpc) is 2.29. The summed E-state index contributed by atoms with van der Waals surface area (Å²) in [5.41, 5.74) is 0.746. The number of nitrogens with one attached hydrogen (secondary N) is 1. The van der Waals surface area contributed by atoms with Crippen LogP contribution in [0.1, 0.15) is 13.8 Å². The van der Waals surface area contributed by atoms with Crippen molar-refractivity contribution in [3.63, 3.8) is 0 Å². The molecule has 1 atom stereocenters. The number of nitrogens with zero attached hydrogens (tertiary/aromatic N) is 1. The van der Waals surface area contributed by atoms with E-state index < -0.39 is 4.92 Å². The lowest BCUT2D eigenvalue weighted by Gasteiger charge is -2.15. The number of ether oxygens (including phenoxy) is 2. The lowest BCUT2D eigenvalue weighted by Crippen LogP contribution is -2.20. The number of nitro groups is 1. The van der Waals surface area contributed by atoms with Gasteiger partial charge < -0.3 is 14.8 Å². The van der Waals surface area contributed by atoms with Crippen LogP contribution in [0.5, 0.6) is 5.75 Å². The van der Waals surface area contributed by atoms with Gasteiger partial charge in [0.2, 0.25) is 0 Å². The average molecular weight is 254 g/mol. The maximum atomic E-state index is 10.8. The van der Waals surface area contributed by atoms with E-state index in [1.165, 1.54) is 6.07 Å².